The predicted octanol–water partition coefficient (Wildman–Crippen LogP) is 2.07. The summed E-state index contributed by atoms with van der Waals surface area (Å²) < 4.78 is 0. The Bertz CT molecular complexity index is 161. The van der Waals surface area contributed by atoms with Crippen molar-refractivity contribution in [2.24, 2.45) is 5.92 Å². The topological polar surface area (TPSA) is 20.3 Å². The average Bonchev–Trinajstić information content (AvgIpc) is 2.00. The molecule has 0 rings (SSSR count). The fraction of sp³-hybridized carbons (Fsp3) is 0.700. The smallest absolute Gasteiger partial charge is 0.246 e. The number of carbonyl (C=O) groups excluding carboxylic acids is 1. The lowest BCUT2D eigenvalue weighted by atomic mass is 10.2. The fourth-order valence-electron chi connectivity index (χ4n) is 1.06. The van der Waals surface area contributed by atoms with E-state index in [9.17, 15) is 4.79 Å². The van der Waals surface area contributed by atoms with Crippen molar-refractivity contribution in [2.45, 2.75) is 27.7 Å². The molecule has 0 N–H and O–H groups in total. The van der Waals surface area contributed by atoms with Crippen molar-refractivity contribution in [2.75, 3.05) is 13.1 Å². The fourth-order valence-corrected chi connectivity index (χ4v) is 1.06. The molecule has 0 saturated heterocycles. The van der Waals surface area contributed by atoms with E-state index in [1.54, 1.807) is 12.2 Å². The Balaban J connectivity index is 4.05. The first-order valence-electron chi connectivity index (χ1n) is 4.53. The van der Waals surface area contributed by atoms with Crippen LogP contribution in [0.15, 0.2) is 12.2 Å². The van der Waals surface area contributed by atoms with Crippen LogP contribution < -0.4 is 0 Å². The molecule has 2 heteroatoms. The van der Waals surface area contributed by atoms with Gasteiger partial charge in [0.05, 0.1) is 0 Å². The average molecular weight is 169 g/mol. The van der Waals surface area contributed by atoms with Gasteiger partial charge in [0.1, 0.15) is 0 Å². The molecule has 0 aliphatic heterocycles. The van der Waals surface area contributed by atoms with E-state index in [4.69, 9.17) is 0 Å². The summed E-state index contributed by atoms with van der Waals surface area (Å²) in [5, 5.41) is 0. The lowest BCUT2D eigenvalue weighted by Crippen LogP contribution is -2.32. The quantitative estimate of drug-likeness (QED) is 0.590. The van der Waals surface area contributed by atoms with Crippen molar-refractivity contribution in [3.63, 3.8) is 0 Å². The van der Waals surface area contributed by atoms with Gasteiger partial charge in [0.25, 0.3) is 0 Å². The van der Waals surface area contributed by atoms with Gasteiger partial charge in [-0.05, 0) is 25.8 Å². The van der Waals surface area contributed by atoms with E-state index in [1.165, 1.54) is 0 Å². The summed E-state index contributed by atoms with van der Waals surface area (Å²) in [6.45, 7) is 9.74. The third-order valence-corrected chi connectivity index (χ3v) is 1.59. The Labute approximate surface area is 75.3 Å². The zero-order valence-electron chi connectivity index (χ0n) is 8.50. The van der Waals surface area contributed by atoms with E-state index in [0.717, 1.165) is 13.1 Å². The standard InChI is InChI=1S/C10H19NO/c1-5-7-10(12)11(6-2)8-9(3)4/h5,7,9H,6,8H2,1-4H3. The highest BCUT2D eigenvalue weighted by molar-refractivity contribution is 5.87. The molecule has 0 saturated carbocycles. The van der Waals surface area contributed by atoms with Crippen molar-refractivity contribution < 1.29 is 4.79 Å². The molecule has 0 aromatic carbocycles. The Morgan fingerprint density at radius 2 is 2.08 bits per heavy atom. The number of likely N-dealkylation sites (N-methyl/N-ethyl adjacent to an activating group) is 1. The van der Waals surface area contributed by atoms with Gasteiger partial charge in [-0.25, -0.2) is 0 Å². The van der Waals surface area contributed by atoms with E-state index >= 15 is 0 Å². The van der Waals surface area contributed by atoms with Crippen molar-refractivity contribution in [1.82, 2.24) is 4.90 Å². The van der Waals surface area contributed by atoms with Gasteiger partial charge in [-0.1, -0.05) is 19.9 Å². The number of carbonyl (C=O) groups is 1. The van der Waals surface area contributed by atoms with Gasteiger partial charge >= 0.3 is 0 Å². The molecule has 0 aliphatic rings. The van der Waals surface area contributed by atoms with Crippen LogP contribution in [0, 0.1) is 5.92 Å². The molecule has 1 amide bonds. The van der Waals surface area contributed by atoms with Gasteiger partial charge in [-0.3, -0.25) is 4.79 Å². The highest BCUT2D eigenvalue weighted by atomic mass is 16.2. The molecular weight excluding hydrogens is 150 g/mol. The molecule has 0 bridgehead atoms. The van der Waals surface area contributed by atoms with E-state index in [0.29, 0.717) is 5.92 Å². The second kappa shape index (κ2) is 5.81. The molecule has 0 radical (unpaired) electrons. The van der Waals surface area contributed by atoms with Gasteiger partial charge < -0.3 is 4.90 Å². The Morgan fingerprint density at radius 3 is 2.42 bits per heavy atom. The van der Waals surface area contributed by atoms with Crippen molar-refractivity contribution in [3.05, 3.63) is 12.2 Å². The van der Waals surface area contributed by atoms with Gasteiger partial charge in [0.15, 0.2) is 0 Å². The maximum atomic E-state index is 11.3. The first kappa shape index (κ1) is 11.2. The normalized spacial score (nSPS) is 11.1. The third kappa shape index (κ3) is 4.16. The van der Waals surface area contributed by atoms with E-state index in [-0.39, 0.29) is 5.91 Å². The molecule has 0 aromatic rings. The Morgan fingerprint density at radius 1 is 1.50 bits per heavy atom. The molecule has 0 atom stereocenters. The van der Waals surface area contributed by atoms with Crippen LogP contribution in [0.3, 0.4) is 0 Å². The minimum atomic E-state index is 0.119. The van der Waals surface area contributed by atoms with Crippen LogP contribution >= 0.6 is 0 Å². The summed E-state index contributed by atoms with van der Waals surface area (Å²) in [4.78, 5) is 13.2. The van der Waals surface area contributed by atoms with Crippen LogP contribution in [0.25, 0.3) is 0 Å². The molecule has 2 nitrogen and oxygen atoms in total. The van der Waals surface area contributed by atoms with Crippen LogP contribution in [0.5, 0.6) is 0 Å². The number of hydrogen-bond acceptors (Lipinski definition) is 1. The van der Waals surface area contributed by atoms with E-state index in [1.807, 2.05) is 18.7 Å². The van der Waals surface area contributed by atoms with Crippen molar-refractivity contribution >= 4 is 5.91 Å². The molecule has 70 valence electrons. The number of hydrogen-bond donors (Lipinski definition) is 0. The first-order valence-corrected chi connectivity index (χ1v) is 4.53. The van der Waals surface area contributed by atoms with Crippen LogP contribution in [0.1, 0.15) is 27.7 Å². The SMILES string of the molecule is CC=CC(=O)N(CC)CC(C)C. The predicted molar refractivity (Wildman–Crippen MR) is 51.9 cm³/mol. The lowest BCUT2D eigenvalue weighted by Gasteiger charge is -2.21. The van der Waals surface area contributed by atoms with Gasteiger partial charge in [0.2, 0.25) is 5.91 Å². The lowest BCUT2D eigenvalue weighted by molar-refractivity contribution is -0.126. The largest absolute Gasteiger partial charge is 0.339 e. The van der Waals surface area contributed by atoms with Crippen LogP contribution in [0.4, 0.5) is 0 Å². The summed E-state index contributed by atoms with van der Waals surface area (Å²) in [6, 6.07) is 0. The molecule has 0 aromatic heterocycles. The van der Waals surface area contributed by atoms with Crippen LogP contribution in [-0.2, 0) is 4.79 Å². The summed E-state index contributed by atoms with van der Waals surface area (Å²) in [6.07, 6.45) is 3.40. The van der Waals surface area contributed by atoms with Gasteiger partial charge in [-0.2, -0.15) is 0 Å². The maximum Gasteiger partial charge on any atom is 0.246 e. The summed E-state index contributed by atoms with van der Waals surface area (Å²) in [5.74, 6) is 0.660. The zero-order chi connectivity index (χ0) is 9.56. The summed E-state index contributed by atoms with van der Waals surface area (Å²) in [5.41, 5.74) is 0. The minimum Gasteiger partial charge on any atom is -0.339 e. The Kier molecular flexibility index (Phi) is 5.43. The highest BCUT2D eigenvalue weighted by Crippen LogP contribution is 1.99. The summed E-state index contributed by atoms with van der Waals surface area (Å²) in [7, 11) is 0. The zero-order valence-corrected chi connectivity index (χ0v) is 8.50. The second-order valence-corrected chi connectivity index (χ2v) is 3.27. The molecule has 12 heavy (non-hydrogen) atoms. The maximum absolute atomic E-state index is 11.3. The molecule has 0 fully saturated rings. The minimum absolute atomic E-state index is 0.119. The highest BCUT2D eigenvalue weighted by Gasteiger charge is 2.08. The Hall–Kier alpha value is -0.790. The van der Waals surface area contributed by atoms with E-state index < -0.39 is 0 Å². The molecule has 0 spiro atoms. The third-order valence-electron chi connectivity index (χ3n) is 1.59. The van der Waals surface area contributed by atoms with Gasteiger partial charge in [0, 0.05) is 13.1 Å². The van der Waals surface area contributed by atoms with Crippen molar-refractivity contribution in [1.29, 1.82) is 0 Å². The molecular formula is C10H19NO. The monoisotopic (exact) mass is 169 g/mol. The number of allylic oxidation sites excluding steroid dienone is 1. The second-order valence-electron chi connectivity index (χ2n) is 3.27. The number of nitrogens with zero attached hydrogens (tertiary/aromatic N) is 1. The molecule has 0 unspecified atom stereocenters. The number of amides is 1. The van der Waals surface area contributed by atoms with Crippen molar-refractivity contribution in [3.8, 4) is 0 Å². The number of rotatable bonds is 4. The van der Waals surface area contributed by atoms with Gasteiger partial charge in [-0.15, -0.1) is 0 Å². The molecule has 0 aliphatic carbocycles. The summed E-state index contributed by atoms with van der Waals surface area (Å²) >= 11 is 0. The van der Waals surface area contributed by atoms with E-state index in [2.05, 4.69) is 13.8 Å². The van der Waals surface area contributed by atoms with Crippen LogP contribution in [-0.4, -0.2) is 23.9 Å². The first-order chi connectivity index (χ1) is 5.61. The molecule has 0 heterocycles. The van der Waals surface area contributed by atoms with Crippen LogP contribution in [0.2, 0.25) is 0 Å².